The number of amides is 1. The van der Waals surface area contributed by atoms with Crippen LogP contribution in [0.15, 0.2) is 58.5 Å². The first kappa shape index (κ1) is 17.2. The number of thioether (sulfide) groups is 1. The molecule has 3 aromatic rings. The monoisotopic (exact) mass is 357 g/mol. The molecule has 2 aromatic carbocycles. The summed E-state index contributed by atoms with van der Waals surface area (Å²) < 4.78 is 15.5. The number of rotatable bonds is 4. The van der Waals surface area contributed by atoms with E-state index in [2.05, 4.69) is 4.98 Å². The highest BCUT2D eigenvalue weighted by Crippen LogP contribution is 2.22. The summed E-state index contributed by atoms with van der Waals surface area (Å²) in [4.78, 5) is 30.8. The standard InChI is InChI=1S/C18H16FN3O2S/c1-21(2)16(23)11-25-18-20-14-9-5-3-7-12(14)17(24)22(18)15-10-6-4-8-13(15)19/h3-10H,11H2,1-2H3. The summed E-state index contributed by atoms with van der Waals surface area (Å²) >= 11 is 1.11. The topological polar surface area (TPSA) is 55.2 Å². The maximum Gasteiger partial charge on any atom is 0.266 e. The Morgan fingerprint density at radius 1 is 1.16 bits per heavy atom. The van der Waals surface area contributed by atoms with Crippen LogP contribution in [-0.4, -0.2) is 40.2 Å². The van der Waals surface area contributed by atoms with Gasteiger partial charge in [-0.15, -0.1) is 0 Å². The van der Waals surface area contributed by atoms with Crippen LogP contribution in [0, 0.1) is 5.82 Å². The first-order valence-electron chi connectivity index (χ1n) is 7.58. The van der Waals surface area contributed by atoms with Crippen molar-refractivity contribution in [1.82, 2.24) is 14.5 Å². The van der Waals surface area contributed by atoms with E-state index in [0.29, 0.717) is 10.9 Å². The summed E-state index contributed by atoms with van der Waals surface area (Å²) in [5, 5.41) is 0.679. The molecule has 1 amide bonds. The number of halogens is 1. The lowest BCUT2D eigenvalue weighted by Gasteiger charge is -2.14. The van der Waals surface area contributed by atoms with Crippen molar-refractivity contribution in [3.05, 3.63) is 64.7 Å². The number of fused-ring (bicyclic) bond motifs is 1. The van der Waals surface area contributed by atoms with Crippen molar-refractivity contribution in [2.24, 2.45) is 0 Å². The largest absolute Gasteiger partial charge is 0.348 e. The second-order valence-electron chi connectivity index (χ2n) is 5.58. The molecule has 5 nitrogen and oxygen atoms in total. The average Bonchev–Trinajstić information content (AvgIpc) is 2.60. The minimum absolute atomic E-state index is 0.103. The fourth-order valence-corrected chi connectivity index (χ4v) is 3.29. The van der Waals surface area contributed by atoms with E-state index in [-0.39, 0.29) is 28.1 Å². The quantitative estimate of drug-likeness (QED) is 0.532. The van der Waals surface area contributed by atoms with E-state index in [1.807, 2.05) is 0 Å². The zero-order chi connectivity index (χ0) is 18.0. The maximum absolute atomic E-state index is 14.3. The summed E-state index contributed by atoms with van der Waals surface area (Å²) in [7, 11) is 3.31. The molecule has 1 aromatic heterocycles. The zero-order valence-corrected chi connectivity index (χ0v) is 14.6. The molecule has 0 unspecified atom stereocenters. The Labute approximate surface area is 148 Å². The molecular formula is C18H16FN3O2S. The Bertz CT molecular complexity index is 1000. The van der Waals surface area contributed by atoms with Gasteiger partial charge in [-0.1, -0.05) is 36.0 Å². The van der Waals surface area contributed by atoms with Gasteiger partial charge in [0.25, 0.3) is 5.56 Å². The van der Waals surface area contributed by atoms with Crippen molar-refractivity contribution in [3.63, 3.8) is 0 Å². The lowest BCUT2D eigenvalue weighted by molar-refractivity contribution is -0.125. The number of hydrogen-bond acceptors (Lipinski definition) is 4. The number of aromatic nitrogens is 2. The molecule has 0 radical (unpaired) electrons. The summed E-state index contributed by atoms with van der Waals surface area (Å²) in [5.74, 6) is -0.540. The summed E-state index contributed by atoms with van der Waals surface area (Å²) in [5.41, 5.74) is 0.265. The van der Waals surface area contributed by atoms with Gasteiger partial charge in [-0.05, 0) is 24.3 Å². The third kappa shape index (κ3) is 3.41. The number of carbonyl (C=O) groups is 1. The van der Waals surface area contributed by atoms with Gasteiger partial charge in [0, 0.05) is 14.1 Å². The fraction of sp³-hybridized carbons (Fsp3) is 0.167. The molecule has 3 rings (SSSR count). The van der Waals surface area contributed by atoms with Gasteiger partial charge in [-0.25, -0.2) is 9.37 Å². The van der Waals surface area contributed by atoms with Crippen LogP contribution in [0.4, 0.5) is 4.39 Å². The van der Waals surface area contributed by atoms with E-state index in [9.17, 15) is 14.0 Å². The van der Waals surface area contributed by atoms with Crippen molar-refractivity contribution < 1.29 is 9.18 Å². The van der Waals surface area contributed by atoms with Crippen LogP contribution in [0.2, 0.25) is 0 Å². The minimum atomic E-state index is -0.525. The molecule has 25 heavy (non-hydrogen) atoms. The molecule has 0 fully saturated rings. The number of hydrogen-bond donors (Lipinski definition) is 0. The van der Waals surface area contributed by atoms with Crippen molar-refractivity contribution in [2.45, 2.75) is 5.16 Å². The third-order valence-electron chi connectivity index (χ3n) is 3.66. The van der Waals surface area contributed by atoms with Crippen LogP contribution in [0.3, 0.4) is 0 Å². The molecule has 0 N–H and O–H groups in total. The lowest BCUT2D eigenvalue weighted by atomic mass is 10.2. The molecule has 0 aliphatic rings. The molecule has 0 aliphatic carbocycles. The van der Waals surface area contributed by atoms with E-state index in [4.69, 9.17) is 0 Å². The van der Waals surface area contributed by atoms with Crippen molar-refractivity contribution in [3.8, 4) is 5.69 Å². The zero-order valence-electron chi connectivity index (χ0n) is 13.8. The Morgan fingerprint density at radius 2 is 1.84 bits per heavy atom. The second kappa shape index (κ2) is 7.06. The molecule has 0 saturated carbocycles. The molecular weight excluding hydrogens is 341 g/mol. The third-order valence-corrected chi connectivity index (χ3v) is 4.59. The van der Waals surface area contributed by atoms with Crippen molar-refractivity contribution in [2.75, 3.05) is 19.8 Å². The van der Waals surface area contributed by atoms with E-state index in [1.165, 1.54) is 21.6 Å². The molecule has 1 heterocycles. The highest BCUT2D eigenvalue weighted by atomic mass is 32.2. The summed E-state index contributed by atoms with van der Waals surface area (Å²) in [6, 6.07) is 12.9. The van der Waals surface area contributed by atoms with E-state index in [1.54, 1.807) is 50.5 Å². The van der Waals surface area contributed by atoms with Gasteiger partial charge < -0.3 is 4.90 Å². The average molecular weight is 357 g/mol. The maximum atomic E-state index is 14.3. The summed E-state index contributed by atoms with van der Waals surface area (Å²) in [6.07, 6.45) is 0. The van der Waals surface area contributed by atoms with Gasteiger partial charge in [0.1, 0.15) is 5.82 Å². The van der Waals surface area contributed by atoms with Gasteiger partial charge in [-0.3, -0.25) is 14.2 Å². The normalized spacial score (nSPS) is 10.8. The fourth-order valence-electron chi connectivity index (χ4n) is 2.31. The highest BCUT2D eigenvalue weighted by molar-refractivity contribution is 7.99. The Kier molecular flexibility index (Phi) is 4.85. The molecule has 0 atom stereocenters. The van der Waals surface area contributed by atoms with Gasteiger partial charge in [0.15, 0.2) is 5.16 Å². The van der Waals surface area contributed by atoms with E-state index < -0.39 is 5.82 Å². The number of benzene rings is 2. The second-order valence-corrected chi connectivity index (χ2v) is 6.52. The highest BCUT2D eigenvalue weighted by Gasteiger charge is 2.17. The molecule has 0 spiro atoms. The Balaban J connectivity index is 2.20. The predicted octanol–water partition coefficient (Wildman–Crippen LogP) is 2.71. The number of nitrogens with zero attached hydrogens (tertiary/aromatic N) is 3. The number of para-hydroxylation sites is 2. The van der Waals surface area contributed by atoms with E-state index in [0.717, 1.165) is 11.8 Å². The van der Waals surface area contributed by atoms with Crippen LogP contribution in [0.1, 0.15) is 0 Å². The van der Waals surface area contributed by atoms with Crippen LogP contribution in [0.5, 0.6) is 0 Å². The van der Waals surface area contributed by atoms with Crippen molar-refractivity contribution in [1.29, 1.82) is 0 Å². The van der Waals surface area contributed by atoms with Gasteiger partial charge in [0.2, 0.25) is 5.91 Å². The molecule has 128 valence electrons. The van der Waals surface area contributed by atoms with Crippen LogP contribution >= 0.6 is 11.8 Å². The smallest absolute Gasteiger partial charge is 0.266 e. The van der Waals surface area contributed by atoms with Crippen molar-refractivity contribution >= 4 is 28.6 Å². The minimum Gasteiger partial charge on any atom is -0.348 e. The molecule has 7 heteroatoms. The van der Waals surface area contributed by atoms with Crippen LogP contribution in [0.25, 0.3) is 16.6 Å². The SMILES string of the molecule is CN(C)C(=O)CSc1nc2ccccc2c(=O)n1-c1ccccc1F. The molecule has 0 bridgehead atoms. The van der Waals surface area contributed by atoms with Gasteiger partial charge in [-0.2, -0.15) is 0 Å². The van der Waals surface area contributed by atoms with Gasteiger partial charge in [0.05, 0.1) is 22.3 Å². The number of carbonyl (C=O) groups excluding carboxylic acids is 1. The predicted molar refractivity (Wildman–Crippen MR) is 96.7 cm³/mol. The van der Waals surface area contributed by atoms with Crippen LogP contribution < -0.4 is 5.56 Å². The summed E-state index contributed by atoms with van der Waals surface area (Å²) in [6.45, 7) is 0. The molecule has 0 saturated heterocycles. The first-order chi connectivity index (χ1) is 12.0. The first-order valence-corrected chi connectivity index (χ1v) is 8.57. The Hall–Kier alpha value is -2.67. The van der Waals surface area contributed by atoms with Crippen LogP contribution in [-0.2, 0) is 4.79 Å². The Morgan fingerprint density at radius 3 is 2.56 bits per heavy atom. The van der Waals surface area contributed by atoms with Gasteiger partial charge >= 0.3 is 0 Å². The van der Waals surface area contributed by atoms with E-state index >= 15 is 0 Å². The lowest BCUT2D eigenvalue weighted by Crippen LogP contribution is -2.26. The molecule has 0 aliphatic heterocycles.